The largest absolute Gasteiger partial charge is 0.466 e. The summed E-state index contributed by atoms with van der Waals surface area (Å²) in [6.07, 6.45) is 93.7. The lowest BCUT2D eigenvalue weighted by Gasteiger charge is -2.22. The van der Waals surface area contributed by atoms with Gasteiger partial charge in [0.05, 0.1) is 25.4 Å². The summed E-state index contributed by atoms with van der Waals surface area (Å²) >= 11 is 0. The minimum atomic E-state index is -0.662. The molecule has 0 rings (SSSR count). The highest BCUT2D eigenvalue weighted by atomic mass is 16.5. The third-order valence-corrected chi connectivity index (χ3v) is 17.7. The molecule has 3 N–H and O–H groups in total. The second kappa shape index (κ2) is 72.6. The first-order valence-electron chi connectivity index (χ1n) is 37.7. The Balaban J connectivity index is 3.33. The number of rotatable bonds is 71. The molecule has 0 radical (unpaired) electrons. The van der Waals surface area contributed by atoms with Crippen molar-refractivity contribution in [2.45, 2.75) is 431 Å². The fourth-order valence-corrected chi connectivity index (χ4v) is 11.9. The lowest BCUT2D eigenvalue weighted by atomic mass is 10.0. The Kier molecular flexibility index (Phi) is 70.9. The molecule has 0 saturated heterocycles. The second-order valence-electron chi connectivity index (χ2n) is 26.0. The van der Waals surface area contributed by atoms with Crippen LogP contribution in [-0.2, 0) is 14.3 Å². The Morgan fingerprint density at radius 1 is 0.337 bits per heavy atom. The number of ether oxygens (including phenoxy) is 1. The van der Waals surface area contributed by atoms with E-state index in [1.54, 1.807) is 0 Å². The predicted octanol–water partition coefficient (Wildman–Crippen LogP) is 24.7. The summed E-state index contributed by atoms with van der Waals surface area (Å²) in [5.74, 6) is -0.0213. The quantitative estimate of drug-likeness (QED) is 0.0320. The minimum Gasteiger partial charge on any atom is -0.466 e. The average Bonchev–Trinajstić information content (AvgIpc) is 3.49. The molecular weight excluding hydrogens is 1020 g/mol. The molecule has 6 heteroatoms. The molecule has 2 atom stereocenters. The van der Waals surface area contributed by atoms with E-state index >= 15 is 0 Å². The molecular formula is C77H147NO5. The molecule has 0 aromatic rings. The smallest absolute Gasteiger partial charge is 0.305 e. The zero-order chi connectivity index (χ0) is 59.9. The zero-order valence-electron chi connectivity index (χ0n) is 56.2. The highest BCUT2D eigenvalue weighted by Gasteiger charge is 2.20. The van der Waals surface area contributed by atoms with E-state index in [-0.39, 0.29) is 18.5 Å². The van der Waals surface area contributed by atoms with E-state index in [0.717, 1.165) is 51.4 Å². The first kappa shape index (κ1) is 81.1. The molecule has 0 aliphatic heterocycles. The van der Waals surface area contributed by atoms with Gasteiger partial charge in [-0.15, -0.1) is 0 Å². The van der Waals surface area contributed by atoms with Crippen molar-refractivity contribution in [1.29, 1.82) is 0 Å². The average molecular weight is 1170 g/mol. The van der Waals surface area contributed by atoms with Crippen LogP contribution in [0.2, 0.25) is 0 Å². The Bertz CT molecular complexity index is 1340. The van der Waals surface area contributed by atoms with Gasteiger partial charge >= 0.3 is 5.97 Å². The van der Waals surface area contributed by atoms with Gasteiger partial charge in [-0.05, 0) is 83.5 Å². The number of hydrogen-bond acceptors (Lipinski definition) is 5. The molecule has 490 valence electrons. The van der Waals surface area contributed by atoms with Crippen molar-refractivity contribution in [3.8, 4) is 0 Å². The molecule has 83 heavy (non-hydrogen) atoms. The van der Waals surface area contributed by atoms with Crippen LogP contribution in [0.1, 0.15) is 418 Å². The third-order valence-electron chi connectivity index (χ3n) is 17.7. The van der Waals surface area contributed by atoms with Crippen molar-refractivity contribution in [2.24, 2.45) is 0 Å². The van der Waals surface area contributed by atoms with Crippen molar-refractivity contribution in [3.05, 3.63) is 36.5 Å². The van der Waals surface area contributed by atoms with Gasteiger partial charge in [0, 0.05) is 12.8 Å². The van der Waals surface area contributed by atoms with Gasteiger partial charge < -0.3 is 20.3 Å². The van der Waals surface area contributed by atoms with Crippen molar-refractivity contribution in [1.82, 2.24) is 5.32 Å². The van der Waals surface area contributed by atoms with Crippen LogP contribution in [0, 0.1) is 0 Å². The highest BCUT2D eigenvalue weighted by molar-refractivity contribution is 5.76. The molecule has 0 aromatic carbocycles. The van der Waals surface area contributed by atoms with E-state index in [1.807, 2.05) is 0 Å². The summed E-state index contributed by atoms with van der Waals surface area (Å²) in [7, 11) is 0. The summed E-state index contributed by atoms with van der Waals surface area (Å²) in [5, 5.41) is 23.3. The van der Waals surface area contributed by atoms with Crippen molar-refractivity contribution < 1.29 is 24.5 Å². The van der Waals surface area contributed by atoms with Gasteiger partial charge in [-0.2, -0.15) is 0 Å². The number of aliphatic hydroxyl groups excluding tert-OH is 2. The van der Waals surface area contributed by atoms with E-state index in [2.05, 4.69) is 55.6 Å². The summed E-state index contributed by atoms with van der Waals surface area (Å²) in [6.45, 7) is 4.96. The number of esters is 1. The summed E-state index contributed by atoms with van der Waals surface area (Å²) < 4.78 is 5.49. The molecule has 0 heterocycles. The van der Waals surface area contributed by atoms with Crippen LogP contribution in [0.4, 0.5) is 0 Å². The monoisotopic (exact) mass is 1170 g/mol. The molecule has 0 fully saturated rings. The van der Waals surface area contributed by atoms with Gasteiger partial charge in [0.15, 0.2) is 0 Å². The standard InChI is InChI=1S/C77H147NO5/c1-3-5-7-9-11-13-15-17-19-43-47-51-55-59-63-67-71-77(82)83-72-68-64-60-56-52-48-44-40-38-36-34-32-30-28-26-24-22-20-21-23-25-27-29-31-33-35-37-39-42-46-50-54-58-62-66-70-76(81)78-74(73-79)75(80)69-65-61-57-53-49-45-41-18-16-14-12-10-8-6-4-2/h13,15,19,22,24,43,74-75,79-80H,3-12,14,16-18,20-21,23,25-42,44-73H2,1-2H3,(H,78,81)/b15-13-,24-22-,43-19-. The zero-order valence-corrected chi connectivity index (χ0v) is 56.2. The molecule has 0 spiro atoms. The Labute approximate surface area is 519 Å². The van der Waals surface area contributed by atoms with Gasteiger partial charge in [-0.3, -0.25) is 9.59 Å². The lowest BCUT2D eigenvalue weighted by Crippen LogP contribution is -2.45. The van der Waals surface area contributed by atoms with Gasteiger partial charge in [0.2, 0.25) is 5.91 Å². The summed E-state index contributed by atoms with van der Waals surface area (Å²) in [4.78, 5) is 24.6. The number of unbranched alkanes of at least 4 members (excludes halogenated alkanes) is 54. The van der Waals surface area contributed by atoms with Crippen LogP contribution in [0.15, 0.2) is 36.5 Å². The van der Waals surface area contributed by atoms with Crippen LogP contribution in [0.3, 0.4) is 0 Å². The maximum atomic E-state index is 12.5. The Morgan fingerprint density at radius 2 is 0.602 bits per heavy atom. The first-order valence-corrected chi connectivity index (χ1v) is 37.7. The molecule has 0 aliphatic carbocycles. The fraction of sp³-hybridized carbons (Fsp3) is 0.896. The maximum absolute atomic E-state index is 12.5. The van der Waals surface area contributed by atoms with Crippen LogP contribution < -0.4 is 5.32 Å². The van der Waals surface area contributed by atoms with Crippen molar-refractivity contribution >= 4 is 11.9 Å². The normalized spacial score (nSPS) is 12.7. The summed E-state index contributed by atoms with van der Waals surface area (Å²) in [6, 6.07) is -0.538. The van der Waals surface area contributed by atoms with Gasteiger partial charge in [0.25, 0.3) is 0 Å². The maximum Gasteiger partial charge on any atom is 0.305 e. The SMILES string of the molecule is CCCCCC/C=C\C/C=C\CCCCCCCC(=O)OCCCCCCCCCCCCCCCC/C=C\CCCCCCCCCCCCCCCCCCCC(=O)NC(CO)C(O)CCCCCCCCCCCCCCCCC. The van der Waals surface area contributed by atoms with E-state index < -0.39 is 12.1 Å². The number of amides is 1. The van der Waals surface area contributed by atoms with Gasteiger partial charge in [-0.25, -0.2) is 0 Å². The summed E-state index contributed by atoms with van der Waals surface area (Å²) in [5.41, 5.74) is 0. The number of hydrogen-bond donors (Lipinski definition) is 3. The van der Waals surface area contributed by atoms with E-state index in [0.29, 0.717) is 25.9 Å². The van der Waals surface area contributed by atoms with Crippen molar-refractivity contribution in [3.63, 3.8) is 0 Å². The Hall–Kier alpha value is -1.92. The third kappa shape index (κ3) is 69.1. The van der Waals surface area contributed by atoms with Crippen LogP contribution in [-0.4, -0.2) is 47.4 Å². The second-order valence-corrected chi connectivity index (χ2v) is 26.0. The topological polar surface area (TPSA) is 95.9 Å². The number of aliphatic hydroxyl groups is 2. The number of allylic oxidation sites excluding steroid dienone is 6. The van der Waals surface area contributed by atoms with Gasteiger partial charge in [0.1, 0.15) is 0 Å². The molecule has 0 saturated carbocycles. The number of carbonyl (C=O) groups is 2. The molecule has 2 unspecified atom stereocenters. The Morgan fingerprint density at radius 3 is 0.940 bits per heavy atom. The lowest BCUT2D eigenvalue weighted by molar-refractivity contribution is -0.143. The fourth-order valence-electron chi connectivity index (χ4n) is 11.9. The van der Waals surface area contributed by atoms with E-state index in [9.17, 15) is 19.8 Å². The van der Waals surface area contributed by atoms with E-state index in [1.165, 1.54) is 334 Å². The number of carbonyl (C=O) groups excluding carboxylic acids is 2. The van der Waals surface area contributed by atoms with Crippen molar-refractivity contribution in [2.75, 3.05) is 13.2 Å². The van der Waals surface area contributed by atoms with Crippen LogP contribution in [0.25, 0.3) is 0 Å². The number of nitrogens with one attached hydrogen (secondary N) is 1. The molecule has 6 nitrogen and oxygen atoms in total. The highest BCUT2D eigenvalue weighted by Crippen LogP contribution is 2.19. The van der Waals surface area contributed by atoms with Gasteiger partial charge in [-0.1, -0.05) is 359 Å². The molecule has 0 aromatic heterocycles. The molecule has 0 bridgehead atoms. The predicted molar refractivity (Wildman–Crippen MR) is 366 cm³/mol. The van der Waals surface area contributed by atoms with Crippen LogP contribution in [0.5, 0.6) is 0 Å². The van der Waals surface area contributed by atoms with E-state index in [4.69, 9.17) is 4.74 Å². The molecule has 0 aliphatic rings. The minimum absolute atomic E-state index is 0.00718. The molecule has 1 amide bonds. The first-order chi connectivity index (χ1) is 41.0. The van der Waals surface area contributed by atoms with Crippen LogP contribution >= 0.6 is 0 Å².